The molecule has 2 aromatic rings. The molecule has 0 bridgehead atoms. The summed E-state index contributed by atoms with van der Waals surface area (Å²) in [5.74, 6) is 0.244. The van der Waals surface area contributed by atoms with E-state index in [0.717, 1.165) is 10.0 Å². The zero-order valence-corrected chi connectivity index (χ0v) is 12.9. The van der Waals surface area contributed by atoms with Crippen LogP contribution in [0.4, 0.5) is 5.69 Å². The van der Waals surface area contributed by atoms with Gasteiger partial charge in [0.2, 0.25) is 0 Å². The lowest BCUT2D eigenvalue weighted by Crippen LogP contribution is -2.01. The first kappa shape index (κ1) is 14.8. The molecule has 2 aromatic carbocycles. The third kappa shape index (κ3) is 3.29. The lowest BCUT2D eigenvalue weighted by Gasteiger charge is -2.09. The van der Waals surface area contributed by atoms with Crippen LogP contribution in [-0.2, 0) is 6.61 Å². The number of halogens is 2. The van der Waals surface area contributed by atoms with Crippen LogP contribution < -0.4 is 4.74 Å². The van der Waals surface area contributed by atoms with Gasteiger partial charge in [0.05, 0.1) is 4.92 Å². The molecule has 0 radical (unpaired) electrons. The lowest BCUT2D eigenvalue weighted by atomic mass is 10.2. The van der Waals surface area contributed by atoms with E-state index in [4.69, 9.17) is 16.3 Å². The van der Waals surface area contributed by atoms with E-state index < -0.39 is 4.92 Å². The summed E-state index contributed by atoms with van der Waals surface area (Å²) in [6, 6.07) is 10.4. The molecule has 20 heavy (non-hydrogen) atoms. The van der Waals surface area contributed by atoms with Crippen molar-refractivity contribution in [1.29, 1.82) is 0 Å². The summed E-state index contributed by atoms with van der Waals surface area (Å²) in [4.78, 5) is 10.6. The number of ether oxygens (including phenoxy) is 1. The third-order valence-electron chi connectivity index (χ3n) is 2.78. The first-order valence-electron chi connectivity index (χ1n) is 5.80. The molecule has 6 heteroatoms. The number of nitrogens with zero attached hydrogens (tertiary/aromatic N) is 1. The van der Waals surface area contributed by atoms with Crippen LogP contribution in [0.2, 0.25) is 5.02 Å². The van der Waals surface area contributed by atoms with Gasteiger partial charge in [-0.05, 0) is 25.1 Å². The summed E-state index contributed by atoms with van der Waals surface area (Å²) in [6.07, 6.45) is 0. The minimum absolute atomic E-state index is 0.0132. The van der Waals surface area contributed by atoms with Gasteiger partial charge in [-0.25, -0.2) is 0 Å². The van der Waals surface area contributed by atoms with E-state index in [1.807, 2.05) is 12.1 Å². The van der Waals surface area contributed by atoms with E-state index in [1.54, 1.807) is 31.2 Å². The molecule has 0 aliphatic heterocycles. The van der Waals surface area contributed by atoms with Crippen molar-refractivity contribution < 1.29 is 9.66 Å². The van der Waals surface area contributed by atoms with E-state index >= 15 is 0 Å². The highest BCUT2D eigenvalue weighted by molar-refractivity contribution is 9.10. The van der Waals surface area contributed by atoms with Crippen molar-refractivity contribution in [2.75, 3.05) is 0 Å². The second kappa shape index (κ2) is 6.24. The average molecular weight is 357 g/mol. The molecule has 0 N–H and O–H groups in total. The van der Waals surface area contributed by atoms with E-state index in [-0.39, 0.29) is 18.0 Å². The highest BCUT2D eigenvalue weighted by Crippen LogP contribution is 2.31. The molecule has 0 saturated heterocycles. The Morgan fingerprint density at radius 3 is 2.75 bits per heavy atom. The van der Waals surface area contributed by atoms with Gasteiger partial charge in [-0.1, -0.05) is 45.7 Å². The van der Waals surface area contributed by atoms with E-state index in [1.165, 1.54) is 0 Å². The van der Waals surface area contributed by atoms with E-state index in [2.05, 4.69) is 15.9 Å². The van der Waals surface area contributed by atoms with Gasteiger partial charge in [-0.15, -0.1) is 0 Å². The van der Waals surface area contributed by atoms with Crippen LogP contribution in [0, 0.1) is 17.0 Å². The van der Waals surface area contributed by atoms with Crippen LogP contribution in [0.5, 0.6) is 5.75 Å². The fourth-order valence-electron chi connectivity index (χ4n) is 1.78. The molecule has 0 fully saturated rings. The Morgan fingerprint density at radius 2 is 2.10 bits per heavy atom. The SMILES string of the molecule is Cc1cccc(OCc2ccc(Br)cc2Cl)c1[N+](=O)[O-]. The number of hydrogen-bond acceptors (Lipinski definition) is 3. The molecule has 0 saturated carbocycles. The Balaban J connectivity index is 2.23. The molecule has 0 aliphatic carbocycles. The minimum Gasteiger partial charge on any atom is -0.482 e. The smallest absolute Gasteiger partial charge is 0.313 e. The molecule has 0 aliphatic rings. The van der Waals surface area contributed by atoms with Crippen molar-refractivity contribution in [2.24, 2.45) is 0 Å². The maximum atomic E-state index is 11.1. The topological polar surface area (TPSA) is 52.4 Å². The molecule has 0 unspecified atom stereocenters. The number of nitro benzene ring substituents is 1. The minimum atomic E-state index is -0.437. The zero-order chi connectivity index (χ0) is 14.7. The molecule has 0 atom stereocenters. The van der Waals surface area contributed by atoms with Crippen LogP contribution in [-0.4, -0.2) is 4.92 Å². The van der Waals surface area contributed by atoms with Crippen molar-refractivity contribution in [1.82, 2.24) is 0 Å². The molecule has 2 rings (SSSR count). The van der Waals surface area contributed by atoms with Gasteiger partial charge >= 0.3 is 5.69 Å². The van der Waals surface area contributed by atoms with Crippen LogP contribution in [0.1, 0.15) is 11.1 Å². The summed E-state index contributed by atoms with van der Waals surface area (Å²) in [5.41, 5.74) is 1.32. The molecule has 4 nitrogen and oxygen atoms in total. The van der Waals surface area contributed by atoms with Gasteiger partial charge < -0.3 is 4.74 Å². The zero-order valence-electron chi connectivity index (χ0n) is 10.6. The molecule has 0 aromatic heterocycles. The number of rotatable bonds is 4. The van der Waals surface area contributed by atoms with Gasteiger partial charge in [-0.3, -0.25) is 10.1 Å². The molecule has 0 amide bonds. The summed E-state index contributed by atoms with van der Waals surface area (Å²) < 4.78 is 6.41. The van der Waals surface area contributed by atoms with Crippen molar-refractivity contribution >= 4 is 33.2 Å². The maximum absolute atomic E-state index is 11.1. The second-order valence-corrected chi connectivity index (χ2v) is 5.53. The maximum Gasteiger partial charge on any atom is 0.313 e. The van der Waals surface area contributed by atoms with Crippen molar-refractivity contribution in [3.05, 3.63) is 67.1 Å². The monoisotopic (exact) mass is 355 g/mol. The van der Waals surface area contributed by atoms with Crippen molar-refractivity contribution in [2.45, 2.75) is 13.5 Å². The highest BCUT2D eigenvalue weighted by atomic mass is 79.9. The first-order valence-corrected chi connectivity index (χ1v) is 6.97. The quantitative estimate of drug-likeness (QED) is 0.578. The van der Waals surface area contributed by atoms with Crippen LogP contribution in [0.25, 0.3) is 0 Å². The van der Waals surface area contributed by atoms with E-state index in [0.29, 0.717) is 10.6 Å². The summed E-state index contributed by atoms with van der Waals surface area (Å²) in [5, 5.41) is 11.6. The molecular weight excluding hydrogens is 346 g/mol. The predicted octanol–water partition coefficient (Wildman–Crippen LogP) is 4.90. The predicted molar refractivity (Wildman–Crippen MR) is 81.3 cm³/mol. The highest BCUT2D eigenvalue weighted by Gasteiger charge is 2.18. The number of benzene rings is 2. The standard InChI is InChI=1S/C14H11BrClNO3/c1-9-3-2-4-13(14(9)17(18)19)20-8-10-5-6-11(15)7-12(10)16/h2-7H,8H2,1H3. The third-order valence-corrected chi connectivity index (χ3v) is 3.63. The van der Waals surface area contributed by atoms with Gasteiger partial charge in [0, 0.05) is 20.6 Å². The summed E-state index contributed by atoms with van der Waals surface area (Å²) in [7, 11) is 0. The molecule has 0 spiro atoms. The molecular formula is C14H11BrClNO3. The van der Waals surface area contributed by atoms with Crippen molar-refractivity contribution in [3.63, 3.8) is 0 Å². The normalized spacial score (nSPS) is 10.3. The summed E-state index contributed by atoms with van der Waals surface area (Å²) in [6.45, 7) is 1.86. The van der Waals surface area contributed by atoms with Gasteiger partial charge in [0.15, 0.2) is 5.75 Å². The van der Waals surface area contributed by atoms with Gasteiger partial charge in [0.1, 0.15) is 6.61 Å². The Morgan fingerprint density at radius 1 is 1.35 bits per heavy atom. The van der Waals surface area contributed by atoms with Crippen LogP contribution >= 0.6 is 27.5 Å². The first-order chi connectivity index (χ1) is 9.49. The number of nitro groups is 1. The fraction of sp³-hybridized carbons (Fsp3) is 0.143. The van der Waals surface area contributed by atoms with Crippen molar-refractivity contribution in [3.8, 4) is 5.75 Å². The molecule has 0 heterocycles. The number of hydrogen-bond donors (Lipinski definition) is 0. The van der Waals surface area contributed by atoms with Crippen LogP contribution in [0.15, 0.2) is 40.9 Å². The van der Waals surface area contributed by atoms with E-state index in [9.17, 15) is 10.1 Å². The number of aryl methyl sites for hydroxylation is 1. The van der Waals surface area contributed by atoms with Gasteiger partial charge in [0.25, 0.3) is 0 Å². The Hall–Kier alpha value is -1.59. The molecule has 104 valence electrons. The lowest BCUT2D eigenvalue weighted by molar-refractivity contribution is -0.386. The largest absolute Gasteiger partial charge is 0.482 e. The summed E-state index contributed by atoms with van der Waals surface area (Å²) >= 11 is 9.40. The average Bonchev–Trinajstić information content (AvgIpc) is 2.37. The Labute approximate surface area is 129 Å². The van der Waals surface area contributed by atoms with Crippen LogP contribution in [0.3, 0.4) is 0 Å². The Bertz CT molecular complexity index is 661. The second-order valence-electron chi connectivity index (χ2n) is 4.20. The van der Waals surface area contributed by atoms with Gasteiger partial charge in [-0.2, -0.15) is 0 Å². The fourth-order valence-corrected chi connectivity index (χ4v) is 2.50. The Kier molecular flexibility index (Phi) is 4.62. The number of para-hydroxylation sites is 1.